The minimum atomic E-state index is -1.02. The van der Waals surface area contributed by atoms with Crippen LogP contribution in [0.1, 0.15) is 5.56 Å². The molecule has 0 aliphatic carbocycles. The third-order valence-corrected chi connectivity index (χ3v) is 2.50. The average molecular weight is 283 g/mol. The topological polar surface area (TPSA) is 52.4 Å². The van der Waals surface area contributed by atoms with Crippen molar-refractivity contribution in [3.8, 4) is 5.75 Å². The van der Waals surface area contributed by atoms with Crippen molar-refractivity contribution < 1.29 is 22.8 Å². The van der Waals surface area contributed by atoms with Gasteiger partial charge in [0.25, 0.3) is 0 Å². The van der Waals surface area contributed by atoms with E-state index in [0.717, 1.165) is 30.3 Å². The highest BCUT2D eigenvalue weighted by Crippen LogP contribution is 2.21. The van der Waals surface area contributed by atoms with Crippen LogP contribution in [-0.4, -0.2) is 4.92 Å². The minimum Gasteiger partial charge on any atom is -0.486 e. The van der Waals surface area contributed by atoms with Gasteiger partial charge in [-0.25, -0.2) is 8.78 Å². The van der Waals surface area contributed by atoms with Crippen LogP contribution in [0, 0.1) is 27.6 Å². The molecule has 2 aromatic carbocycles. The second kappa shape index (κ2) is 5.60. The first-order chi connectivity index (χ1) is 9.47. The van der Waals surface area contributed by atoms with Gasteiger partial charge in [-0.3, -0.25) is 10.1 Å². The Labute approximate surface area is 111 Å². The molecule has 0 N–H and O–H groups in total. The molecule has 0 aliphatic rings. The zero-order valence-corrected chi connectivity index (χ0v) is 9.98. The summed E-state index contributed by atoms with van der Waals surface area (Å²) in [6.45, 7) is -0.241. The van der Waals surface area contributed by atoms with Gasteiger partial charge in [0.2, 0.25) is 5.82 Å². The van der Waals surface area contributed by atoms with Crippen molar-refractivity contribution in [2.24, 2.45) is 0 Å². The molecule has 2 aromatic rings. The molecule has 0 fully saturated rings. The van der Waals surface area contributed by atoms with E-state index >= 15 is 0 Å². The van der Waals surface area contributed by atoms with Gasteiger partial charge in [0.1, 0.15) is 12.4 Å². The number of hydrogen-bond acceptors (Lipinski definition) is 3. The van der Waals surface area contributed by atoms with Crippen molar-refractivity contribution in [3.63, 3.8) is 0 Å². The molecule has 4 nitrogen and oxygen atoms in total. The largest absolute Gasteiger partial charge is 0.486 e. The molecule has 0 unspecified atom stereocenters. The van der Waals surface area contributed by atoms with E-state index in [9.17, 15) is 23.3 Å². The summed E-state index contributed by atoms with van der Waals surface area (Å²) in [6.07, 6.45) is 0. The van der Waals surface area contributed by atoms with Crippen LogP contribution in [0.15, 0.2) is 36.4 Å². The van der Waals surface area contributed by atoms with E-state index in [1.807, 2.05) is 0 Å². The second-order valence-electron chi connectivity index (χ2n) is 3.91. The Bertz CT molecular complexity index is 661. The van der Waals surface area contributed by atoms with Gasteiger partial charge in [-0.05, 0) is 29.8 Å². The molecule has 0 saturated heterocycles. The zero-order chi connectivity index (χ0) is 14.7. The van der Waals surface area contributed by atoms with Gasteiger partial charge in [-0.1, -0.05) is 0 Å². The van der Waals surface area contributed by atoms with Gasteiger partial charge >= 0.3 is 5.69 Å². The average Bonchev–Trinajstić information content (AvgIpc) is 2.39. The van der Waals surface area contributed by atoms with Gasteiger partial charge in [0.15, 0.2) is 11.6 Å². The Balaban J connectivity index is 2.13. The zero-order valence-electron chi connectivity index (χ0n) is 9.98. The highest BCUT2D eigenvalue weighted by Gasteiger charge is 2.14. The molecular formula is C13H8F3NO3. The predicted octanol–water partition coefficient (Wildman–Crippen LogP) is 3.59. The number of rotatable bonds is 4. The first-order valence-electron chi connectivity index (χ1n) is 5.48. The van der Waals surface area contributed by atoms with E-state index in [4.69, 9.17) is 4.74 Å². The number of nitro groups is 1. The van der Waals surface area contributed by atoms with E-state index in [0.29, 0.717) is 0 Å². The van der Waals surface area contributed by atoms with Crippen LogP contribution < -0.4 is 4.74 Å². The van der Waals surface area contributed by atoms with E-state index in [-0.39, 0.29) is 17.9 Å². The quantitative estimate of drug-likeness (QED) is 0.636. The lowest BCUT2D eigenvalue weighted by Crippen LogP contribution is -2.00. The summed E-state index contributed by atoms with van der Waals surface area (Å²) in [5.41, 5.74) is -0.401. The van der Waals surface area contributed by atoms with Gasteiger partial charge in [0.05, 0.1) is 4.92 Å². The van der Waals surface area contributed by atoms with Crippen molar-refractivity contribution in [1.29, 1.82) is 0 Å². The number of halogens is 3. The fourth-order valence-corrected chi connectivity index (χ4v) is 1.54. The van der Waals surface area contributed by atoms with Gasteiger partial charge in [0, 0.05) is 12.1 Å². The van der Waals surface area contributed by atoms with E-state index < -0.39 is 28.1 Å². The molecule has 2 rings (SSSR count). The molecule has 0 radical (unpaired) electrons. The summed E-state index contributed by atoms with van der Waals surface area (Å²) in [5, 5.41) is 10.4. The maximum atomic E-state index is 13.3. The minimum absolute atomic E-state index is 0.241. The van der Waals surface area contributed by atoms with Gasteiger partial charge in [-0.2, -0.15) is 4.39 Å². The molecule has 20 heavy (non-hydrogen) atoms. The molecule has 0 amide bonds. The van der Waals surface area contributed by atoms with Gasteiger partial charge < -0.3 is 4.74 Å². The lowest BCUT2D eigenvalue weighted by atomic mass is 10.2. The van der Waals surface area contributed by atoms with Crippen LogP contribution in [0.2, 0.25) is 0 Å². The van der Waals surface area contributed by atoms with Crippen molar-refractivity contribution in [1.82, 2.24) is 0 Å². The SMILES string of the molecule is O=[N+]([O-])c1ccc(COc2cc(F)ccc2F)cc1F. The molecule has 0 atom stereocenters. The Morgan fingerprint density at radius 3 is 2.45 bits per heavy atom. The Morgan fingerprint density at radius 2 is 1.80 bits per heavy atom. The van der Waals surface area contributed by atoms with Crippen molar-refractivity contribution >= 4 is 5.69 Å². The van der Waals surface area contributed by atoms with Gasteiger partial charge in [-0.15, -0.1) is 0 Å². The van der Waals surface area contributed by atoms with Crippen LogP contribution in [0.4, 0.5) is 18.9 Å². The van der Waals surface area contributed by atoms with E-state index in [2.05, 4.69) is 0 Å². The monoisotopic (exact) mass is 283 g/mol. The molecule has 0 aromatic heterocycles. The molecule has 0 saturated carbocycles. The number of nitro benzene ring substituents is 1. The first kappa shape index (κ1) is 13.9. The fourth-order valence-electron chi connectivity index (χ4n) is 1.54. The van der Waals surface area contributed by atoms with Crippen molar-refractivity contribution in [3.05, 3.63) is 69.5 Å². The number of benzene rings is 2. The summed E-state index contributed by atoms with van der Waals surface area (Å²) in [4.78, 5) is 9.58. The lowest BCUT2D eigenvalue weighted by Gasteiger charge is -2.07. The second-order valence-corrected chi connectivity index (χ2v) is 3.91. The van der Waals surface area contributed by atoms with Crippen LogP contribution >= 0.6 is 0 Å². The molecule has 0 spiro atoms. The normalized spacial score (nSPS) is 10.3. The smallest absolute Gasteiger partial charge is 0.304 e. The molecule has 7 heteroatoms. The maximum absolute atomic E-state index is 13.3. The van der Waals surface area contributed by atoms with Crippen molar-refractivity contribution in [2.45, 2.75) is 6.61 Å². The van der Waals surface area contributed by atoms with E-state index in [1.165, 1.54) is 6.07 Å². The fraction of sp³-hybridized carbons (Fsp3) is 0.0769. The summed E-state index contributed by atoms with van der Waals surface area (Å²) >= 11 is 0. The standard InChI is InChI=1S/C13H8F3NO3/c14-9-2-3-10(15)13(6-9)20-7-8-1-4-12(17(18)19)11(16)5-8/h1-6H,7H2. The van der Waals surface area contributed by atoms with Crippen LogP contribution in [0.25, 0.3) is 0 Å². The lowest BCUT2D eigenvalue weighted by molar-refractivity contribution is -0.387. The number of ether oxygens (including phenoxy) is 1. The van der Waals surface area contributed by atoms with E-state index in [1.54, 1.807) is 0 Å². The Hall–Kier alpha value is -2.57. The Morgan fingerprint density at radius 1 is 1.05 bits per heavy atom. The highest BCUT2D eigenvalue weighted by atomic mass is 19.1. The Kier molecular flexibility index (Phi) is 3.88. The molecule has 104 valence electrons. The number of nitrogens with zero attached hydrogens (tertiary/aromatic N) is 1. The summed E-state index contributed by atoms with van der Waals surface area (Å²) in [6, 6.07) is 5.87. The summed E-state index contributed by atoms with van der Waals surface area (Å²) in [7, 11) is 0. The highest BCUT2D eigenvalue weighted by molar-refractivity contribution is 5.35. The number of hydrogen-bond donors (Lipinski definition) is 0. The predicted molar refractivity (Wildman–Crippen MR) is 63.7 cm³/mol. The summed E-state index contributed by atoms with van der Waals surface area (Å²) in [5.74, 6) is -2.76. The molecular weight excluding hydrogens is 275 g/mol. The van der Waals surface area contributed by atoms with Crippen LogP contribution in [0.3, 0.4) is 0 Å². The molecule has 0 heterocycles. The third kappa shape index (κ3) is 3.05. The maximum Gasteiger partial charge on any atom is 0.304 e. The molecule has 0 aliphatic heterocycles. The summed E-state index contributed by atoms with van der Waals surface area (Å²) < 4.78 is 44.5. The van der Waals surface area contributed by atoms with Crippen LogP contribution in [0.5, 0.6) is 5.75 Å². The third-order valence-electron chi connectivity index (χ3n) is 2.50. The first-order valence-corrected chi connectivity index (χ1v) is 5.48. The molecule has 0 bridgehead atoms. The van der Waals surface area contributed by atoms with Crippen LogP contribution in [-0.2, 0) is 6.61 Å². The van der Waals surface area contributed by atoms with Crippen molar-refractivity contribution in [2.75, 3.05) is 0 Å².